The van der Waals surface area contributed by atoms with Gasteiger partial charge in [0.05, 0.1) is 0 Å². The zero-order chi connectivity index (χ0) is 16.4. The van der Waals surface area contributed by atoms with Crippen molar-refractivity contribution >= 4 is 17.4 Å². The fourth-order valence-corrected chi connectivity index (χ4v) is 3.33. The Morgan fingerprint density at radius 3 is 2.58 bits per heavy atom. The molecule has 2 aliphatic rings. The third-order valence-electron chi connectivity index (χ3n) is 4.34. The van der Waals surface area contributed by atoms with Crippen LogP contribution in [-0.2, 0) is 0 Å². The van der Waals surface area contributed by atoms with Gasteiger partial charge in [-0.2, -0.15) is 0 Å². The van der Waals surface area contributed by atoms with Gasteiger partial charge in [0.15, 0.2) is 22.5 Å². The molecule has 1 aromatic carbocycles. The highest BCUT2D eigenvalue weighted by atomic mass is 35.5. The monoisotopic (exact) mass is 346 g/mol. The summed E-state index contributed by atoms with van der Waals surface area (Å²) in [5.41, 5.74) is 0. The number of rotatable bonds is 3. The van der Waals surface area contributed by atoms with Gasteiger partial charge >= 0.3 is 0 Å². The van der Waals surface area contributed by atoms with Crippen LogP contribution in [0.3, 0.4) is 0 Å². The molecule has 1 saturated heterocycles. The van der Waals surface area contributed by atoms with E-state index in [2.05, 4.69) is 19.8 Å². The Bertz CT molecular complexity index is 706. The molecule has 4 rings (SSSR count). The number of nitrogens with zero attached hydrogens (tertiary/aromatic N) is 4. The molecule has 0 radical (unpaired) electrons. The van der Waals surface area contributed by atoms with Gasteiger partial charge in [0.2, 0.25) is 0 Å². The van der Waals surface area contributed by atoms with Crippen LogP contribution in [0.15, 0.2) is 36.7 Å². The summed E-state index contributed by atoms with van der Waals surface area (Å²) in [7, 11) is 0. The molecule has 1 atom stereocenters. The van der Waals surface area contributed by atoms with Gasteiger partial charge in [0.1, 0.15) is 12.7 Å². The number of para-hydroxylation sites is 2. The van der Waals surface area contributed by atoms with Crippen molar-refractivity contribution in [3.63, 3.8) is 0 Å². The SMILES string of the molecule is Clc1nccnc1N1CCN(CC2COc3ccccc3O2)CC1. The molecule has 24 heavy (non-hydrogen) atoms. The summed E-state index contributed by atoms with van der Waals surface area (Å²) < 4.78 is 11.8. The molecule has 2 aromatic rings. The summed E-state index contributed by atoms with van der Waals surface area (Å²) in [4.78, 5) is 13.0. The summed E-state index contributed by atoms with van der Waals surface area (Å²) in [6.45, 7) is 5.08. The van der Waals surface area contributed by atoms with Crippen molar-refractivity contribution in [3.05, 3.63) is 41.8 Å². The van der Waals surface area contributed by atoms with Crippen molar-refractivity contribution in [2.45, 2.75) is 6.10 Å². The first-order valence-electron chi connectivity index (χ1n) is 8.12. The fourth-order valence-electron chi connectivity index (χ4n) is 3.11. The van der Waals surface area contributed by atoms with Crippen LogP contribution in [0.1, 0.15) is 0 Å². The van der Waals surface area contributed by atoms with E-state index >= 15 is 0 Å². The van der Waals surface area contributed by atoms with Crippen molar-refractivity contribution in [1.29, 1.82) is 0 Å². The van der Waals surface area contributed by atoms with Gasteiger partial charge in [0.25, 0.3) is 0 Å². The van der Waals surface area contributed by atoms with Gasteiger partial charge in [-0.05, 0) is 12.1 Å². The molecule has 1 unspecified atom stereocenters. The lowest BCUT2D eigenvalue weighted by Crippen LogP contribution is -2.51. The van der Waals surface area contributed by atoms with Gasteiger partial charge in [-0.1, -0.05) is 23.7 Å². The number of anilines is 1. The molecular weight excluding hydrogens is 328 g/mol. The zero-order valence-corrected chi connectivity index (χ0v) is 14.0. The number of halogens is 1. The van der Waals surface area contributed by atoms with Crippen molar-refractivity contribution in [2.24, 2.45) is 0 Å². The Morgan fingerprint density at radius 2 is 1.79 bits per heavy atom. The highest BCUT2D eigenvalue weighted by molar-refractivity contribution is 6.31. The predicted molar refractivity (Wildman–Crippen MR) is 92.0 cm³/mol. The van der Waals surface area contributed by atoms with Crippen LogP contribution in [0.2, 0.25) is 5.15 Å². The first-order valence-corrected chi connectivity index (χ1v) is 8.50. The summed E-state index contributed by atoms with van der Waals surface area (Å²) in [6, 6.07) is 7.82. The average molecular weight is 347 g/mol. The Kier molecular flexibility index (Phi) is 4.40. The molecule has 0 amide bonds. The molecule has 0 saturated carbocycles. The molecular formula is C17H19ClN4O2. The molecule has 1 aromatic heterocycles. The van der Waals surface area contributed by atoms with E-state index in [1.165, 1.54) is 0 Å². The summed E-state index contributed by atoms with van der Waals surface area (Å²) in [6.07, 6.45) is 3.35. The number of hydrogen-bond acceptors (Lipinski definition) is 6. The highest BCUT2D eigenvalue weighted by Gasteiger charge is 2.26. The lowest BCUT2D eigenvalue weighted by Gasteiger charge is -2.37. The number of benzene rings is 1. The third-order valence-corrected chi connectivity index (χ3v) is 4.60. The number of piperazine rings is 1. The number of ether oxygens (including phenoxy) is 2. The molecule has 126 valence electrons. The minimum Gasteiger partial charge on any atom is -0.486 e. The van der Waals surface area contributed by atoms with Gasteiger partial charge < -0.3 is 14.4 Å². The number of fused-ring (bicyclic) bond motifs is 1. The topological polar surface area (TPSA) is 50.7 Å². The van der Waals surface area contributed by atoms with Crippen molar-refractivity contribution < 1.29 is 9.47 Å². The summed E-state index contributed by atoms with van der Waals surface area (Å²) in [5.74, 6) is 2.43. The summed E-state index contributed by atoms with van der Waals surface area (Å²) in [5, 5.41) is 0.464. The molecule has 1 fully saturated rings. The van der Waals surface area contributed by atoms with Crippen LogP contribution in [0.25, 0.3) is 0 Å². The van der Waals surface area contributed by atoms with Crippen molar-refractivity contribution in [3.8, 4) is 11.5 Å². The smallest absolute Gasteiger partial charge is 0.171 e. The van der Waals surface area contributed by atoms with Gasteiger partial charge in [-0.15, -0.1) is 0 Å². The van der Waals surface area contributed by atoms with Crippen LogP contribution < -0.4 is 14.4 Å². The zero-order valence-electron chi connectivity index (χ0n) is 13.3. The second kappa shape index (κ2) is 6.83. The van der Waals surface area contributed by atoms with Gasteiger partial charge in [-0.25, -0.2) is 9.97 Å². The van der Waals surface area contributed by atoms with E-state index in [0.717, 1.165) is 50.0 Å². The highest BCUT2D eigenvalue weighted by Crippen LogP contribution is 2.31. The molecule has 6 nitrogen and oxygen atoms in total. The number of aromatic nitrogens is 2. The van der Waals surface area contributed by atoms with Crippen LogP contribution in [0.4, 0.5) is 5.82 Å². The normalized spacial score (nSPS) is 20.9. The maximum atomic E-state index is 6.13. The van der Waals surface area contributed by atoms with Crippen molar-refractivity contribution in [1.82, 2.24) is 14.9 Å². The molecule has 0 bridgehead atoms. The van der Waals surface area contributed by atoms with E-state index in [0.29, 0.717) is 11.8 Å². The molecule has 3 heterocycles. The molecule has 7 heteroatoms. The van der Waals surface area contributed by atoms with E-state index in [9.17, 15) is 0 Å². The second-order valence-corrected chi connectivity index (χ2v) is 6.31. The third kappa shape index (κ3) is 3.25. The lowest BCUT2D eigenvalue weighted by molar-refractivity contribution is 0.0571. The first-order chi connectivity index (χ1) is 11.8. The molecule has 0 aliphatic carbocycles. The molecule has 2 aliphatic heterocycles. The quantitative estimate of drug-likeness (QED) is 0.848. The van der Waals surface area contributed by atoms with Crippen LogP contribution in [0, 0.1) is 0 Å². The molecule has 0 spiro atoms. The standard InChI is InChI=1S/C17H19ClN4O2/c18-16-17(20-6-5-19-16)22-9-7-21(8-10-22)11-13-12-23-14-3-1-2-4-15(14)24-13/h1-6,13H,7-12H2. The first kappa shape index (κ1) is 15.5. The van der Waals surface area contributed by atoms with Crippen LogP contribution >= 0.6 is 11.6 Å². The van der Waals surface area contributed by atoms with Gasteiger partial charge in [0, 0.05) is 45.1 Å². The van der Waals surface area contributed by atoms with Crippen molar-refractivity contribution in [2.75, 3.05) is 44.2 Å². The maximum Gasteiger partial charge on any atom is 0.171 e. The molecule has 0 N–H and O–H groups in total. The van der Waals surface area contributed by atoms with Crippen LogP contribution in [-0.4, -0.2) is 60.3 Å². The van der Waals surface area contributed by atoms with Gasteiger partial charge in [-0.3, -0.25) is 4.90 Å². The Labute approximate surface area is 146 Å². The minimum absolute atomic E-state index is 0.0616. The van der Waals surface area contributed by atoms with E-state index in [4.69, 9.17) is 21.1 Å². The van der Waals surface area contributed by atoms with E-state index < -0.39 is 0 Å². The summed E-state index contributed by atoms with van der Waals surface area (Å²) >= 11 is 6.13. The predicted octanol–water partition coefficient (Wildman–Crippen LogP) is 2.09. The Hall–Kier alpha value is -2.05. The number of hydrogen-bond donors (Lipinski definition) is 0. The van der Waals surface area contributed by atoms with E-state index in [1.807, 2.05) is 24.3 Å². The minimum atomic E-state index is 0.0616. The van der Waals surface area contributed by atoms with E-state index in [-0.39, 0.29) is 6.10 Å². The Morgan fingerprint density at radius 1 is 1.04 bits per heavy atom. The maximum absolute atomic E-state index is 6.13. The van der Waals surface area contributed by atoms with E-state index in [1.54, 1.807) is 12.4 Å². The Balaban J connectivity index is 1.32. The van der Waals surface area contributed by atoms with Crippen LogP contribution in [0.5, 0.6) is 11.5 Å². The second-order valence-electron chi connectivity index (χ2n) is 5.96. The lowest BCUT2D eigenvalue weighted by atomic mass is 10.2. The average Bonchev–Trinajstić information content (AvgIpc) is 2.63. The fraction of sp³-hybridized carbons (Fsp3) is 0.412. The largest absolute Gasteiger partial charge is 0.486 e.